The molecule has 2 rings (SSSR count). The highest BCUT2D eigenvalue weighted by Crippen LogP contribution is 2.25. The second kappa shape index (κ2) is 7.01. The molecular weight excluding hydrogens is 258 g/mol. The maximum absolute atomic E-state index is 13.0. The van der Waals surface area contributed by atoms with Crippen LogP contribution in [0, 0.1) is 11.6 Å². The van der Waals surface area contributed by atoms with Gasteiger partial charge in [0.2, 0.25) is 0 Å². The summed E-state index contributed by atoms with van der Waals surface area (Å²) in [6.45, 7) is 0.767. The molecule has 1 atom stereocenters. The number of rotatable bonds is 6. The van der Waals surface area contributed by atoms with Gasteiger partial charge >= 0.3 is 0 Å². The molecule has 4 heteroatoms. The van der Waals surface area contributed by atoms with Gasteiger partial charge in [-0.05, 0) is 55.6 Å². The number of ether oxygens (including phenoxy) is 1. The van der Waals surface area contributed by atoms with E-state index in [1.54, 1.807) is 24.3 Å². The topological polar surface area (TPSA) is 21.3 Å². The molecule has 2 nitrogen and oxygen atoms in total. The standard InChI is InChI=1S/C16H17F2NO/c1-19-11-10-16(12-2-4-13(17)5-3-12)20-15-8-6-14(18)7-9-15/h2-9,16,19H,10-11H2,1H3/i17-1,18-1. The first-order valence-corrected chi connectivity index (χ1v) is 6.51. The first-order chi connectivity index (χ1) is 9.69. The molecule has 0 aliphatic rings. The molecule has 0 saturated heterocycles. The fraction of sp³-hybridized carbons (Fsp3) is 0.250. The van der Waals surface area contributed by atoms with Gasteiger partial charge < -0.3 is 10.1 Å². The predicted octanol–water partition coefficient (Wildman–Crippen LogP) is 3.69. The summed E-state index contributed by atoms with van der Waals surface area (Å²) in [4.78, 5) is 0. The van der Waals surface area contributed by atoms with Crippen LogP contribution in [0.5, 0.6) is 5.75 Å². The van der Waals surface area contributed by atoms with Crippen molar-refractivity contribution in [1.29, 1.82) is 0 Å². The van der Waals surface area contributed by atoms with E-state index in [-0.39, 0.29) is 17.7 Å². The molecule has 2 aromatic rings. The van der Waals surface area contributed by atoms with Gasteiger partial charge in [0, 0.05) is 6.42 Å². The molecule has 1 unspecified atom stereocenters. The van der Waals surface area contributed by atoms with Gasteiger partial charge in [0.05, 0.1) is 0 Å². The van der Waals surface area contributed by atoms with Gasteiger partial charge in [0.25, 0.3) is 0 Å². The van der Waals surface area contributed by atoms with E-state index >= 15 is 0 Å². The molecule has 0 aliphatic carbocycles. The Balaban J connectivity index is 2.14. The van der Waals surface area contributed by atoms with Gasteiger partial charge in [-0.2, -0.15) is 0 Å². The third kappa shape index (κ3) is 4.03. The fourth-order valence-corrected chi connectivity index (χ4v) is 1.92. The van der Waals surface area contributed by atoms with Crippen LogP contribution in [0.25, 0.3) is 0 Å². The van der Waals surface area contributed by atoms with Crippen molar-refractivity contribution in [3.63, 3.8) is 0 Å². The van der Waals surface area contributed by atoms with Crippen LogP contribution >= 0.6 is 0 Å². The molecule has 0 spiro atoms. The Bertz CT molecular complexity index is 525. The number of hydrogen-bond acceptors (Lipinski definition) is 2. The highest BCUT2D eigenvalue weighted by atomic mass is 18.2. The second-order valence-corrected chi connectivity index (χ2v) is 4.50. The summed E-state index contributed by atoms with van der Waals surface area (Å²) in [7, 11) is 1.86. The van der Waals surface area contributed by atoms with Crippen LogP contribution in [0.1, 0.15) is 18.1 Å². The number of halogens is 2. The van der Waals surface area contributed by atoms with Crippen molar-refractivity contribution in [2.75, 3.05) is 13.6 Å². The Hall–Kier alpha value is -1.94. The molecule has 1 N–H and O–H groups in total. The Morgan fingerprint density at radius 1 is 0.950 bits per heavy atom. The normalized spacial score (nSPS) is 12.2. The van der Waals surface area contributed by atoms with Gasteiger partial charge in [-0.3, -0.25) is 0 Å². The summed E-state index contributed by atoms with van der Waals surface area (Å²) < 4.78 is 31.7. The minimum Gasteiger partial charge on any atom is -0.486 e. The zero-order valence-corrected chi connectivity index (χ0v) is 11.3. The summed E-state index contributed by atoms with van der Waals surface area (Å²) in [6.07, 6.45) is 0.535. The van der Waals surface area contributed by atoms with Crippen LogP contribution in [-0.2, 0) is 0 Å². The summed E-state index contributed by atoms with van der Waals surface area (Å²) in [6, 6.07) is 12.1. The van der Waals surface area contributed by atoms with E-state index in [1.807, 2.05) is 7.05 Å². The summed E-state index contributed by atoms with van der Waals surface area (Å²) >= 11 is 0. The largest absolute Gasteiger partial charge is 0.486 e. The molecule has 0 amide bonds. The van der Waals surface area contributed by atoms with E-state index in [0.717, 1.165) is 18.5 Å². The van der Waals surface area contributed by atoms with Gasteiger partial charge in [0.15, 0.2) is 0 Å². The molecule has 0 heterocycles. The SMILES string of the molecule is CNCCC(Oc1ccc([18F])cc1)c1ccc([18F])cc1. The van der Waals surface area contributed by atoms with Crippen LogP contribution in [0.4, 0.5) is 8.78 Å². The average molecular weight is 275 g/mol. The molecule has 2 aromatic carbocycles. The third-order valence-electron chi connectivity index (χ3n) is 2.99. The molecule has 0 bridgehead atoms. The summed E-state index contributed by atoms with van der Waals surface area (Å²) in [5, 5.41) is 3.06. The van der Waals surface area contributed by atoms with Crippen molar-refractivity contribution < 1.29 is 13.5 Å². The lowest BCUT2D eigenvalue weighted by atomic mass is 10.1. The van der Waals surface area contributed by atoms with Crippen LogP contribution < -0.4 is 10.1 Å². The summed E-state index contributed by atoms with van der Waals surface area (Å²) in [5.74, 6) is 0.0191. The van der Waals surface area contributed by atoms with E-state index in [2.05, 4.69) is 5.32 Å². The van der Waals surface area contributed by atoms with E-state index in [4.69, 9.17) is 4.74 Å². The van der Waals surface area contributed by atoms with Crippen LogP contribution in [0.3, 0.4) is 0 Å². The van der Waals surface area contributed by atoms with Crippen molar-refractivity contribution >= 4 is 0 Å². The quantitative estimate of drug-likeness (QED) is 0.868. The predicted molar refractivity (Wildman–Crippen MR) is 74.7 cm³/mol. The lowest BCUT2D eigenvalue weighted by Gasteiger charge is -2.19. The lowest BCUT2D eigenvalue weighted by Crippen LogP contribution is -2.16. The van der Waals surface area contributed by atoms with Crippen molar-refractivity contribution in [1.82, 2.24) is 5.32 Å². The molecule has 20 heavy (non-hydrogen) atoms. The van der Waals surface area contributed by atoms with E-state index in [9.17, 15) is 8.78 Å². The van der Waals surface area contributed by atoms with Crippen molar-refractivity contribution in [3.05, 3.63) is 65.7 Å². The van der Waals surface area contributed by atoms with E-state index < -0.39 is 0 Å². The van der Waals surface area contributed by atoms with E-state index in [1.165, 1.54) is 24.3 Å². The van der Waals surface area contributed by atoms with Crippen LogP contribution in [0.15, 0.2) is 48.5 Å². The van der Waals surface area contributed by atoms with Crippen LogP contribution in [0.2, 0.25) is 0 Å². The lowest BCUT2D eigenvalue weighted by molar-refractivity contribution is 0.194. The Morgan fingerprint density at radius 2 is 1.50 bits per heavy atom. The molecule has 0 aromatic heterocycles. The van der Waals surface area contributed by atoms with Crippen molar-refractivity contribution in [2.45, 2.75) is 12.5 Å². The minimum absolute atomic E-state index is 0.200. The minimum atomic E-state index is -0.300. The molecule has 0 aliphatic heterocycles. The fourth-order valence-electron chi connectivity index (χ4n) is 1.92. The van der Waals surface area contributed by atoms with E-state index in [0.29, 0.717) is 5.75 Å². The Labute approximate surface area is 117 Å². The zero-order chi connectivity index (χ0) is 14.4. The monoisotopic (exact) mass is 275 g/mol. The Morgan fingerprint density at radius 3 is 2.05 bits per heavy atom. The van der Waals surface area contributed by atoms with Gasteiger partial charge in [-0.1, -0.05) is 12.1 Å². The van der Waals surface area contributed by atoms with Crippen LogP contribution in [-0.4, -0.2) is 13.6 Å². The van der Waals surface area contributed by atoms with Gasteiger partial charge in [0.1, 0.15) is 23.5 Å². The highest BCUT2D eigenvalue weighted by molar-refractivity contribution is 5.25. The second-order valence-electron chi connectivity index (χ2n) is 4.50. The molecular formula is C16H17F2NO. The average Bonchev–Trinajstić information content (AvgIpc) is 2.46. The summed E-state index contributed by atoms with van der Waals surface area (Å²) in [5.41, 5.74) is 0.894. The van der Waals surface area contributed by atoms with Gasteiger partial charge in [-0.25, -0.2) is 8.78 Å². The van der Waals surface area contributed by atoms with Crippen molar-refractivity contribution in [3.8, 4) is 5.75 Å². The number of hydrogen-bond donors (Lipinski definition) is 1. The van der Waals surface area contributed by atoms with Crippen molar-refractivity contribution in [2.24, 2.45) is 0 Å². The molecule has 0 saturated carbocycles. The molecule has 0 fully saturated rings. The zero-order valence-electron chi connectivity index (χ0n) is 11.3. The maximum Gasteiger partial charge on any atom is 0.125 e. The first-order valence-electron chi connectivity index (χ1n) is 6.51. The van der Waals surface area contributed by atoms with Gasteiger partial charge in [-0.15, -0.1) is 0 Å². The maximum atomic E-state index is 13.0. The molecule has 0 radical (unpaired) electrons. The number of nitrogens with one attached hydrogen (secondary N) is 1. The smallest absolute Gasteiger partial charge is 0.125 e. The first kappa shape index (κ1) is 14.5. The molecule has 106 valence electrons. The number of benzene rings is 2. The third-order valence-corrected chi connectivity index (χ3v) is 2.99. The Kier molecular flexibility index (Phi) is 5.07. The highest BCUT2D eigenvalue weighted by Gasteiger charge is 2.13.